The molecule has 0 saturated carbocycles. The standard InChI is InChI=1S/C20H23N3O3S2/c1-14-8-10-17(11-9-14)27-15(2)20(24)22-16-5-3-6-18(13-16)28(25,26)23-19-7-4-12-21-19/h3,5-6,8-11,13,15H,4,7,12H2,1-2H3,(H,21,23)(H,22,24). The van der Waals surface area contributed by atoms with E-state index in [1.54, 1.807) is 12.1 Å². The molecule has 2 N–H and O–H groups in total. The van der Waals surface area contributed by atoms with Crippen LogP contribution < -0.4 is 10.0 Å². The Morgan fingerprint density at radius 2 is 1.93 bits per heavy atom. The van der Waals surface area contributed by atoms with Gasteiger partial charge in [0.05, 0.1) is 10.1 Å². The highest BCUT2D eigenvalue weighted by molar-refractivity contribution is 8.00. The molecule has 0 spiro atoms. The lowest BCUT2D eigenvalue weighted by atomic mass is 10.2. The van der Waals surface area contributed by atoms with Gasteiger partial charge in [0.1, 0.15) is 5.84 Å². The largest absolute Gasteiger partial charge is 0.325 e. The fraction of sp³-hybridized carbons (Fsp3) is 0.300. The van der Waals surface area contributed by atoms with Gasteiger partial charge in [-0.15, -0.1) is 11.8 Å². The molecule has 0 fully saturated rings. The third kappa shape index (κ3) is 5.36. The molecule has 28 heavy (non-hydrogen) atoms. The van der Waals surface area contributed by atoms with E-state index in [0.717, 1.165) is 16.9 Å². The Hall–Kier alpha value is -2.32. The summed E-state index contributed by atoms with van der Waals surface area (Å²) in [5.41, 5.74) is 1.61. The second-order valence-corrected chi connectivity index (χ2v) is 9.72. The summed E-state index contributed by atoms with van der Waals surface area (Å²) in [5.74, 6) is 0.297. The number of carbonyl (C=O) groups excluding carboxylic acids is 1. The van der Waals surface area contributed by atoms with Gasteiger partial charge in [-0.25, -0.2) is 8.42 Å². The van der Waals surface area contributed by atoms with E-state index in [2.05, 4.69) is 15.0 Å². The fourth-order valence-corrected chi connectivity index (χ4v) is 4.70. The number of amides is 1. The maximum absolute atomic E-state index is 12.5. The smallest absolute Gasteiger partial charge is 0.262 e. The highest BCUT2D eigenvalue weighted by Crippen LogP contribution is 2.25. The summed E-state index contributed by atoms with van der Waals surface area (Å²) >= 11 is 1.45. The van der Waals surface area contributed by atoms with Crippen LogP contribution >= 0.6 is 11.8 Å². The molecule has 0 bridgehead atoms. The number of nitrogens with one attached hydrogen (secondary N) is 2. The number of hydrogen-bond donors (Lipinski definition) is 2. The van der Waals surface area contributed by atoms with Crippen molar-refractivity contribution in [1.29, 1.82) is 0 Å². The van der Waals surface area contributed by atoms with Crippen LogP contribution in [-0.2, 0) is 14.8 Å². The molecule has 1 aliphatic rings. The molecule has 1 aliphatic heterocycles. The average Bonchev–Trinajstić information content (AvgIpc) is 3.16. The summed E-state index contributed by atoms with van der Waals surface area (Å²) in [7, 11) is -3.71. The third-order valence-electron chi connectivity index (χ3n) is 4.24. The second-order valence-electron chi connectivity index (χ2n) is 6.63. The van der Waals surface area contributed by atoms with Crippen molar-refractivity contribution >= 4 is 39.2 Å². The van der Waals surface area contributed by atoms with Crippen LogP contribution in [0.25, 0.3) is 0 Å². The second kappa shape index (κ2) is 8.79. The van der Waals surface area contributed by atoms with Crippen molar-refractivity contribution < 1.29 is 13.2 Å². The van der Waals surface area contributed by atoms with Gasteiger partial charge in [0.25, 0.3) is 10.0 Å². The number of thioether (sulfide) groups is 1. The molecule has 2 aromatic carbocycles. The average molecular weight is 418 g/mol. The SMILES string of the molecule is Cc1ccc(SC(C)C(=O)Nc2cccc(S(=O)(=O)NC3=NCCC3)c2)cc1. The first kappa shape index (κ1) is 20.4. The van der Waals surface area contributed by atoms with Gasteiger partial charge in [-0.3, -0.25) is 14.5 Å². The maximum atomic E-state index is 12.5. The van der Waals surface area contributed by atoms with Crippen molar-refractivity contribution in [2.24, 2.45) is 4.99 Å². The van der Waals surface area contributed by atoms with Crippen molar-refractivity contribution in [3.8, 4) is 0 Å². The molecule has 0 saturated heterocycles. The summed E-state index contributed by atoms with van der Waals surface area (Å²) in [6, 6.07) is 14.2. The zero-order chi connectivity index (χ0) is 20.1. The topological polar surface area (TPSA) is 87.6 Å². The third-order valence-corrected chi connectivity index (χ3v) is 6.73. The van der Waals surface area contributed by atoms with Crippen LogP contribution in [0.15, 0.2) is 63.3 Å². The number of nitrogens with zero attached hydrogens (tertiary/aromatic N) is 1. The molecule has 0 radical (unpaired) electrons. The normalized spacial score (nSPS) is 15.0. The van der Waals surface area contributed by atoms with Crippen LogP contribution in [0.5, 0.6) is 0 Å². The number of amidine groups is 1. The number of benzene rings is 2. The minimum Gasteiger partial charge on any atom is -0.325 e. The quantitative estimate of drug-likeness (QED) is 0.703. The van der Waals surface area contributed by atoms with E-state index in [1.165, 1.54) is 23.9 Å². The Morgan fingerprint density at radius 3 is 2.61 bits per heavy atom. The molecule has 1 unspecified atom stereocenters. The highest BCUT2D eigenvalue weighted by atomic mass is 32.2. The lowest BCUT2D eigenvalue weighted by Crippen LogP contribution is -2.29. The van der Waals surface area contributed by atoms with Crippen LogP contribution in [0.4, 0.5) is 5.69 Å². The highest BCUT2D eigenvalue weighted by Gasteiger charge is 2.20. The van der Waals surface area contributed by atoms with Gasteiger partial charge >= 0.3 is 0 Å². The number of hydrogen-bond acceptors (Lipinski definition) is 5. The van der Waals surface area contributed by atoms with Crippen LogP contribution in [0.1, 0.15) is 25.3 Å². The number of aryl methyl sites for hydroxylation is 1. The van der Waals surface area contributed by atoms with Crippen LogP contribution in [0.3, 0.4) is 0 Å². The van der Waals surface area contributed by atoms with Crippen LogP contribution in [0, 0.1) is 6.92 Å². The molecule has 0 aliphatic carbocycles. The van der Waals surface area contributed by atoms with Gasteiger partial charge in [0.2, 0.25) is 5.91 Å². The first-order valence-corrected chi connectivity index (χ1v) is 11.4. The van der Waals surface area contributed by atoms with Crippen molar-refractivity contribution in [1.82, 2.24) is 4.72 Å². The molecule has 3 rings (SSSR count). The van der Waals surface area contributed by atoms with Crippen molar-refractivity contribution in [2.45, 2.75) is 41.7 Å². The van der Waals surface area contributed by atoms with E-state index in [4.69, 9.17) is 0 Å². The van der Waals surface area contributed by atoms with Gasteiger partial charge in [0.15, 0.2) is 0 Å². The maximum Gasteiger partial charge on any atom is 0.262 e. The summed E-state index contributed by atoms with van der Waals surface area (Å²) in [6.45, 7) is 4.48. The van der Waals surface area contributed by atoms with E-state index in [0.29, 0.717) is 24.5 Å². The Kier molecular flexibility index (Phi) is 6.41. The van der Waals surface area contributed by atoms with Gasteiger partial charge in [0, 0.05) is 23.5 Å². The molecule has 2 aromatic rings. The minimum atomic E-state index is -3.71. The molecule has 1 atom stereocenters. The molecule has 1 heterocycles. The Bertz CT molecular complexity index is 986. The van der Waals surface area contributed by atoms with E-state index in [1.807, 2.05) is 38.1 Å². The van der Waals surface area contributed by atoms with E-state index in [9.17, 15) is 13.2 Å². The van der Waals surface area contributed by atoms with Crippen LogP contribution in [-0.4, -0.2) is 32.0 Å². The Morgan fingerprint density at radius 1 is 1.18 bits per heavy atom. The number of sulfonamides is 1. The van der Waals surface area contributed by atoms with E-state index in [-0.39, 0.29) is 16.1 Å². The first-order valence-electron chi connectivity index (χ1n) is 9.04. The summed E-state index contributed by atoms with van der Waals surface area (Å²) in [5, 5.41) is 2.47. The van der Waals surface area contributed by atoms with Gasteiger partial charge in [-0.1, -0.05) is 23.8 Å². The van der Waals surface area contributed by atoms with Crippen LogP contribution in [0.2, 0.25) is 0 Å². The lowest BCUT2D eigenvalue weighted by molar-refractivity contribution is -0.115. The van der Waals surface area contributed by atoms with E-state index < -0.39 is 10.0 Å². The van der Waals surface area contributed by atoms with Gasteiger partial charge < -0.3 is 5.32 Å². The van der Waals surface area contributed by atoms with E-state index >= 15 is 0 Å². The summed E-state index contributed by atoms with van der Waals surface area (Å²) < 4.78 is 27.6. The zero-order valence-electron chi connectivity index (χ0n) is 15.8. The van der Waals surface area contributed by atoms with Crippen molar-refractivity contribution in [3.05, 3.63) is 54.1 Å². The van der Waals surface area contributed by atoms with Crippen molar-refractivity contribution in [2.75, 3.05) is 11.9 Å². The number of carbonyl (C=O) groups is 1. The summed E-state index contributed by atoms with van der Waals surface area (Å²) in [6.07, 6.45) is 1.48. The number of rotatable bonds is 6. The predicted molar refractivity (Wildman–Crippen MR) is 113 cm³/mol. The molecule has 0 aromatic heterocycles. The molecule has 8 heteroatoms. The van der Waals surface area contributed by atoms with Gasteiger partial charge in [-0.05, 0) is 50.6 Å². The molecular weight excluding hydrogens is 394 g/mol. The monoisotopic (exact) mass is 417 g/mol. The molecule has 148 valence electrons. The van der Waals surface area contributed by atoms with Crippen molar-refractivity contribution in [3.63, 3.8) is 0 Å². The summed E-state index contributed by atoms with van der Waals surface area (Å²) in [4.78, 5) is 17.7. The molecular formula is C20H23N3O3S2. The van der Waals surface area contributed by atoms with Gasteiger partial charge in [-0.2, -0.15) is 0 Å². The molecule has 1 amide bonds. The minimum absolute atomic E-state index is 0.0961. The molecule has 6 nitrogen and oxygen atoms in total. The predicted octanol–water partition coefficient (Wildman–Crippen LogP) is 3.58. The zero-order valence-corrected chi connectivity index (χ0v) is 17.4. The Balaban J connectivity index is 1.66. The first-order chi connectivity index (χ1) is 13.3. The number of aliphatic imine (C=N–C) groups is 1. The lowest BCUT2D eigenvalue weighted by Gasteiger charge is -2.13. The fourth-order valence-electron chi connectivity index (χ4n) is 2.70. The Labute approximate surface area is 169 Å². The number of anilines is 1.